The Labute approximate surface area is 120 Å². The van der Waals surface area contributed by atoms with E-state index in [4.69, 9.17) is 0 Å². The van der Waals surface area contributed by atoms with E-state index in [-0.39, 0.29) is 0 Å². The molecule has 1 N–H and O–H groups in total. The lowest BCUT2D eigenvalue weighted by Gasteiger charge is -2.03. The second kappa shape index (κ2) is 5.14. The number of benzene rings is 2. The molecule has 2 heteroatoms. The van der Waals surface area contributed by atoms with Crippen molar-refractivity contribution in [3.8, 4) is 0 Å². The summed E-state index contributed by atoms with van der Waals surface area (Å²) in [5, 5.41) is 1.35. The predicted molar refractivity (Wildman–Crippen MR) is 84.9 cm³/mol. The van der Waals surface area contributed by atoms with E-state index < -0.39 is 0 Å². The minimum atomic E-state index is 1.09. The van der Waals surface area contributed by atoms with Crippen molar-refractivity contribution in [3.63, 3.8) is 0 Å². The van der Waals surface area contributed by atoms with Crippen LogP contribution in [0.15, 0.2) is 54.7 Å². The van der Waals surface area contributed by atoms with Crippen LogP contribution in [0.2, 0.25) is 0 Å². The monoisotopic (exact) mass is 347 g/mol. The number of fused-ring (bicyclic) bond motifs is 1. The fraction of sp³-hybridized carbons (Fsp3) is 0.125. The standard InChI is InChI=1S/C16H14IN/c17-15-7-3-1-5-12(15)9-10-13-11-18-16-8-4-2-6-14(13)16/h1-8,11,18H,9-10H2. The highest BCUT2D eigenvalue weighted by Gasteiger charge is 2.04. The highest BCUT2D eigenvalue weighted by Crippen LogP contribution is 2.20. The van der Waals surface area contributed by atoms with Crippen molar-refractivity contribution >= 4 is 33.5 Å². The fourth-order valence-electron chi connectivity index (χ4n) is 2.31. The van der Waals surface area contributed by atoms with Crippen LogP contribution in [0.1, 0.15) is 11.1 Å². The second-order valence-electron chi connectivity index (χ2n) is 4.45. The molecule has 0 aliphatic carbocycles. The van der Waals surface area contributed by atoms with Crippen LogP contribution >= 0.6 is 22.6 Å². The highest BCUT2D eigenvalue weighted by atomic mass is 127. The van der Waals surface area contributed by atoms with Crippen LogP contribution in [-0.4, -0.2) is 4.98 Å². The quantitative estimate of drug-likeness (QED) is 0.669. The van der Waals surface area contributed by atoms with Gasteiger partial charge in [0.05, 0.1) is 0 Å². The molecule has 1 aromatic heterocycles. The Morgan fingerprint density at radius 2 is 1.56 bits per heavy atom. The molecule has 0 bridgehead atoms. The number of aryl methyl sites for hydroxylation is 2. The molecule has 0 aliphatic rings. The summed E-state index contributed by atoms with van der Waals surface area (Å²) in [5.41, 5.74) is 4.07. The molecule has 18 heavy (non-hydrogen) atoms. The van der Waals surface area contributed by atoms with E-state index >= 15 is 0 Å². The molecule has 0 saturated carbocycles. The van der Waals surface area contributed by atoms with Crippen molar-refractivity contribution in [3.05, 3.63) is 69.4 Å². The highest BCUT2D eigenvalue weighted by molar-refractivity contribution is 14.1. The first-order valence-electron chi connectivity index (χ1n) is 6.13. The normalized spacial score (nSPS) is 10.9. The summed E-state index contributed by atoms with van der Waals surface area (Å²) >= 11 is 2.41. The molecule has 90 valence electrons. The number of nitrogens with one attached hydrogen (secondary N) is 1. The van der Waals surface area contributed by atoms with Crippen molar-refractivity contribution in [1.82, 2.24) is 4.98 Å². The molecule has 1 heterocycles. The van der Waals surface area contributed by atoms with Crippen molar-refractivity contribution in [2.75, 3.05) is 0 Å². The van der Waals surface area contributed by atoms with Crippen molar-refractivity contribution < 1.29 is 0 Å². The molecule has 0 amide bonds. The van der Waals surface area contributed by atoms with Gasteiger partial charge in [-0.15, -0.1) is 0 Å². The van der Waals surface area contributed by atoms with Gasteiger partial charge in [-0.25, -0.2) is 0 Å². The van der Waals surface area contributed by atoms with E-state index in [9.17, 15) is 0 Å². The second-order valence-corrected chi connectivity index (χ2v) is 5.61. The van der Waals surface area contributed by atoms with Gasteiger partial charge >= 0.3 is 0 Å². The van der Waals surface area contributed by atoms with Gasteiger partial charge in [0.25, 0.3) is 0 Å². The lowest BCUT2D eigenvalue weighted by molar-refractivity contribution is 0.961. The number of para-hydroxylation sites is 1. The smallest absolute Gasteiger partial charge is 0.0456 e. The summed E-state index contributed by atoms with van der Waals surface area (Å²) in [4.78, 5) is 3.34. The summed E-state index contributed by atoms with van der Waals surface area (Å²) in [6.45, 7) is 0. The van der Waals surface area contributed by atoms with Crippen LogP contribution in [0.25, 0.3) is 10.9 Å². The average Bonchev–Trinajstić information content (AvgIpc) is 2.81. The van der Waals surface area contributed by atoms with Crippen molar-refractivity contribution in [2.24, 2.45) is 0 Å². The number of hydrogen-bond donors (Lipinski definition) is 1. The maximum absolute atomic E-state index is 3.34. The summed E-state index contributed by atoms with van der Waals surface area (Å²) in [6.07, 6.45) is 4.32. The lowest BCUT2D eigenvalue weighted by atomic mass is 10.0. The van der Waals surface area contributed by atoms with Crippen molar-refractivity contribution in [2.45, 2.75) is 12.8 Å². The first-order valence-corrected chi connectivity index (χ1v) is 7.21. The third-order valence-corrected chi connectivity index (χ3v) is 4.35. The van der Waals surface area contributed by atoms with Gasteiger partial charge in [0.15, 0.2) is 0 Å². The number of halogens is 1. The molecule has 3 rings (SSSR count). The molecule has 0 fully saturated rings. The fourth-order valence-corrected chi connectivity index (χ4v) is 2.97. The van der Waals surface area contributed by atoms with Gasteiger partial charge in [-0.2, -0.15) is 0 Å². The van der Waals surface area contributed by atoms with Gasteiger partial charge in [-0.1, -0.05) is 36.4 Å². The lowest BCUT2D eigenvalue weighted by Crippen LogP contribution is -1.92. The molecular weight excluding hydrogens is 333 g/mol. The topological polar surface area (TPSA) is 15.8 Å². The van der Waals surface area contributed by atoms with E-state index in [0.717, 1.165) is 12.8 Å². The maximum Gasteiger partial charge on any atom is 0.0456 e. The number of H-pyrrole nitrogens is 1. The van der Waals surface area contributed by atoms with Gasteiger partial charge < -0.3 is 4.98 Å². The Bertz CT molecular complexity index is 669. The van der Waals surface area contributed by atoms with Gasteiger partial charge in [-0.05, 0) is 58.7 Å². The average molecular weight is 347 g/mol. The molecule has 1 nitrogen and oxygen atoms in total. The van der Waals surface area contributed by atoms with Gasteiger partial charge in [0.1, 0.15) is 0 Å². The molecule has 0 spiro atoms. The minimum absolute atomic E-state index is 1.09. The molecule has 0 radical (unpaired) electrons. The van der Waals surface area contributed by atoms with Gasteiger partial charge in [-0.3, -0.25) is 0 Å². The Morgan fingerprint density at radius 3 is 2.44 bits per heavy atom. The zero-order valence-corrected chi connectivity index (χ0v) is 12.1. The zero-order valence-electron chi connectivity index (χ0n) is 9.99. The number of rotatable bonds is 3. The molecule has 2 aromatic carbocycles. The van der Waals surface area contributed by atoms with Gasteiger partial charge in [0.2, 0.25) is 0 Å². The van der Waals surface area contributed by atoms with E-state index in [1.54, 1.807) is 0 Å². The predicted octanol–water partition coefficient (Wildman–Crippen LogP) is 4.56. The summed E-state index contributed by atoms with van der Waals surface area (Å²) < 4.78 is 1.36. The van der Waals surface area contributed by atoms with E-state index in [0.29, 0.717) is 0 Å². The van der Waals surface area contributed by atoms with E-state index in [2.05, 4.69) is 82.3 Å². The van der Waals surface area contributed by atoms with Crippen LogP contribution in [0.5, 0.6) is 0 Å². The first kappa shape index (κ1) is 11.8. The Morgan fingerprint density at radius 1 is 0.833 bits per heavy atom. The molecule has 0 saturated heterocycles. The maximum atomic E-state index is 3.34. The Balaban J connectivity index is 1.83. The third kappa shape index (κ3) is 2.29. The molecular formula is C16H14IN. The summed E-state index contributed by atoms with van der Waals surface area (Å²) in [5.74, 6) is 0. The number of hydrogen-bond acceptors (Lipinski definition) is 0. The SMILES string of the molecule is Ic1ccccc1CCc1c[nH]c2ccccc12. The van der Waals surface area contributed by atoms with Crippen molar-refractivity contribution in [1.29, 1.82) is 0 Å². The molecule has 0 unspecified atom stereocenters. The van der Waals surface area contributed by atoms with Crippen LogP contribution in [-0.2, 0) is 12.8 Å². The summed E-state index contributed by atoms with van der Waals surface area (Å²) in [6, 6.07) is 17.1. The van der Waals surface area contributed by atoms with Crippen LogP contribution in [0.3, 0.4) is 0 Å². The van der Waals surface area contributed by atoms with Crippen LogP contribution < -0.4 is 0 Å². The van der Waals surface area contributed by atoms with Crippen LogP contribution in [0.4, 0.5) is 0 Å². The summed E-state index contributed by atoms with van der Waals surface area (Å²) in [7, 11) is 0. The zero-order chi connectivity index (χ0) is 12.4. The largest absolute Gasteiger partial charge is 0.361 e. The molecule has 3 aromatic rings. The number of aromatic amines is 1. The van der Waals surface area contributed by atoms with Gasteiger partial charge in [0, 0.05) is 20.7 Å². The molecule has 0 aliphatic heterocycles. The van der Waals surface area contributed by atoms with E-state index in [1.807, 2.05) is 0 Å². The third-order valence-electron chi connectivity index (χ3n) is 3.30. The Kier molecular flexibility index (Phi) is 3.37. The first-order chi connectivity index (χ1) is 8.84. The molecule has 0 atom stereocenters. The van der Waals surface area contributed by atoms with E-state index in [1.165, 1.54) is 25.6 Å². The minimum Gasteiger partial charge on any atom is -0.361 e. The Hall–Kier alpha value is -1.29. The number of aromatic nitrogens is 1. The van der Waals surface area contributed by atoms with Crippen LogP contribution in [0, 0.1) is 3.57 Å².